The summed E-state index contributed by atoms with van der Waals surface area (Å²) in [6.45, 7) is 15.1. The van der Waals surface area contributed by atoms with Gasteiger partial charge in [-0.15, -0.1) is 0 Å². The summed E-state index contributed by atoms with van der Waals surface area (Å²) in [4.78, 5) is 0. The van der Waals surface area contributed by atoms with Crippen LogP contribution in [-0.2, 0) is 4.66 Å². The maximum atomic E-state index is 5.61. The molecule has 0 heterocycles. The average molecular weight is 371 g/mol. The van der Waals surface area contributed by atoms with Gasteiger partial charge in [-0.05, 0) is 46.5 Å². The molecular weight excluding hydrogens is 340 g/mol. The minimum Gasteiger partial charge on any atom is -0.497 e. The molecule has 134 valence electrons. The SMILES string of the molecule is COc1ccc2c(c1)C([Si](C)(C)C)([Si](C)(C)C)c1cc(OC)ccc1-2. The van der Waals surface area contributed by atoms with E-state index < -0.39 is 16.1 Å². The topological polar surface area (TPSA) is 18.5 Å². The molecule has 2 aromatic rings. The zero-order chi connectivity index (χ0) is 18.6. The van der Waals surface area contributed by atoms with Crippen LogP contribution in [0.4, 0.5) is 0 Å². The summed E-state index contributed by atoms with van der Waals surface area (Å²) >= 11 is 0. The van der Waals surface area contributed by atoms with Crippen molar-refractivity contribution in [2.75, 3.05) is 14.2 Å². The Morgan fingerprint density at radius 2 is 1.00 bits per heavy atom. The van der Waals surface area contributed by atoms with E-state index in [1.165, 1.54) is 22.3 Å². The quantitative estimate of drug-likeness (QED) is 0.640. The van der Waals surface area contributed by atoms with Crippen molar-refractivity contribution >= 4 is 16.1 Å². The minimum absolute atomic E-state index is 0.133. The highest BCUT2D eigenvalue weighted by Gasteiger charge is 2.59. The molecular formula is C21H30O2Si2. The van der Waals surface area contributed by atoms with Crippen LogP contribution in [-0.4, -0.2) is 30.4 Å². The van der Waals surface area contributed by atoms with Gasteiger partial charge in [0, 0.05) is 4.66 Å². The lowest BCUT2D eigenvalue weighted by molar-refractivity contribution is 0.414. The van der Waals surface area contributed by atoms with Crippen LogP contribution in [0, 0.1) is 0 Å². The van der Waals surface area contributed by atoms with Gasteiger partial charge in [-0.25, -0.2) is 0 Å². The van der Waals surface area contributed by atoms with E-state index in [2.05, 4.69) is 75.7 Å². The summed E-state index contributed by atoms with van der Waals surface area (Å²) < 4.78 is 11.3. The van der Waals surface area contributed by atoms with Gasteiger partial charge in [0.25, 0.3) is 0 Å². The predicted molar refractivity (Wildman–Crippen MR) is 112 cm³/mol. The monoisotopic (exact) mass is 370 g/mol. The molecule has 0 fully saturated rings. The van der Waals surface area contributed by atoms with Crippen molar-refractivity contribution in [1.82, 2.24) is 0 Å². The van der Waals surface area contributed by atoms with Crippen LogP contribution >= 0.6 is 0 Å². The van der Waals surface area contributed by atoms with E-state index >= 15 is 0 Å². The van der Waals surface area contributed by atoms with E-state index in [0.717, 1.165) is 11.5 Å². The Bertz CT molecular complexity index is 744. The van der Waals surface area contributed by atoms with E-state index in [4.69, 9.17) is 9.47 Å². The van der Waals surface area contributed by atoms with Gasteiger partial charge in [-0.2, -0.15) is 0 Å². The molecule has 0 bridgehead atoms. The first-order valence-electron chi connectivity index (χ1n) is 8.95. The molecule has 0 saturated heterocycles. The number of rotatable bonds is 4. The molecule has 0 saturated carbocycles. The lowest BCUT2D eigenvalue weighted by Crippen LogP contribution is -2.63. The summed E-state index contributed by atoms with van der Waals surface area (Å²) in [5, 5.41) is 0. The standard InChI is InChI=1S/C21H30O2Si2/c1-22-15-9-11-17-18-12-10-16(23-2)14-20(18)21(19(17)13-15,24(3,4)5)25(6,7)8/h9-14H,1-8H3. The summed E-state index contributed by atoms with van der Waals surface area (Å²) in [6.07, 6.45) is 0. The van der Waals surface area contributed by atoms with Gasteiger partial charge >= 0.3 is 0 Å². The van der Waals surface area contributed by atoms with E-state index in [-0.39, 0.29) is 4.66 Å². The third kappa shape index (κ3) is 2.41. The largest absolute Gasteiger partial charge is 0.497 e. The highest BCUT2D eigenvalue weighted by atomic mass is 28.4. The van der Waals surface area contributed by atoms with Crippen molar-refractivity contribution in [1.29, 1.82) is 0 Å². The van der Waals surface area contributed by atoms with Crippen LogP contribution in [0.5, 0.6) is 11.5 Å². The maximum absolute atomic E-state index is 5.61. The summed E-state index contributed by atoms with van der Waals surface area (Å²) in [7, 11) is 0.257. The lowest BCUT2D eigenvalue weighted by atomic mass is 10.1. The molecule has 1 aliphatic carbocycles. The molecule has 0 amide bonds. The highest BCUT2D eigenvalue weighted by molar-refractivity contribution is 6.99. The van der Waals surface area contributed by atoms with Crippen molar-refractivity contribution < 1.29 is 9.47 Å². The van der Waals surface area contributed by atoms with E-state index in [0.29, 0.717) is 0 Å². The van der Waals surface area contributed by atoms with Gasteiger partial charge in [0.15, 0.2) is 0 Å². The molecule has 25 heavy (non-hydrogen) atoms. The number of fused-ring (bicyclic) bond motifs is 3. The van der Waals surface area contributed by atoms with Gasteiger partial charge in [-0.3, -0.25) is 0 Å². The molecule has 4 heteroatoms. The zero-order valence-electron chi connectivity index (χ0n) is 16.8. The van der Waals surface area contributed by atoms with E-state index in [1.54, 1.807) is 14.2 Å². The lowest BCUT2D eigenvalue weighted by Gasteiger charge is -2.51. The van der Waals surface area contributed by atoms with Gasteiger partial charge in [0.05, 0.1) is 30.4 Å². The first kappa shape index (κ1) is 18.3. The smallest absolute Gasteiger partial charge is 0.119 e. The Labute approximate surface area is 154 Å². The molecule has 1 aliphatic rings. The number of ether oxygens (including phenoxy) is 2. The van der Waals surface area contributed by atoms with Crippen molar-refractivity contribution in [2.24, 2.45) is 0 Å². The molecule has 3 rings (SSSR count). The van der Waals surface area contributed by atoms with E-state index in [9.17, 15) is 0 Å². The van der Waals surface area contributed by atoms with Crippen molar-refractivity contribution in [2.45, 2.75) is 43.9 Å². The Morgan fingerprint density at radius 3 is 1.28 bits per heavy atom. The van der Waals surface area contributed by atoms with Crippen LogP contribution in [0.15, 0.2) is 36.4 Å². The van der Waals surface area contributed by atoms with Gasteiger partial charge in [0.1, 0.15) is 11.5 Å². The van der Waals surface area contributed by atoms with Crippen LogP contribution in [0.1, 0.15) is 11.1 Å². The number of methoxy groups -OCH3 is 2. The van der Waals surface area contributed by atoms with Crippen LogP contribution in [0.25, 0.3) is 11.1 Å². The normalized spacial score (nSPS) is 15.5. The van der Waals surface area contributed by atoms with Crippen LogP contribution < -0.4 is 9.47 Å². The second kappa shape index (κ2) is 5.74. The molecule has 0 radical (unpaired) electrons. The fourth-order valence-electron chi connectivity index (χ4n) is 5.28. The van der Waals surface area contributed by atoms with Gasteiger partial charge < -0.3 is 9.47 Å². The van der Waals surface area contributed by atoms with Crippen molar-refractivity contribution in [3.05, 3.63) is 47.5 Å². The molecule has 0 N–H and O–H groups in total. The Balaban J connectivity index is 2.49. The first-order valence-corrected chi connectivity index (χ1v) is 16.0. The molecule has 0 spiro atoms. The van der Waals surface area contributed by atoms with Crippen molar-refractivity contribution in [3.63, 3.8) is 0 Å². The minimum atomic E-state index is -1.63. The second-order valence-electron chi connectivity index (χ2n) is 9.07. The fourth-order valence-corrected chi connectivity index (χ4v) is 18.3. The maximum Gasteiger partial charge on any atom is 0.119 e. The molecule has 0 unspecified atom stereocenters. The van der Waals surface area contributed by atoms with Crippen molar-refractivity contribution in [3.8, 4) is 22.6 Å². The fraction of sp³-hybridized carbons (Fsp3) is 0.429. The van der Waals surface area contributed by atoms with Crippen LogP contribution in [0.3, 0.4) is 0 Å². The van der Waals surface area contributed by atoms with Gasteiger partial charge in [0.2, 0.25) is 0 Å². The molecule has 2 nitrogen and oxygen atoms in total. The Morgan fingerprint density at radius 1 is 0.640 bits per heavy atom. The zero-order valence-corrected chi connectivity index (χ0v) is 18.8. The third-order valence-corrected chi connectivity index (χ3v) is 15.9. The Hall–Kier alpha value is -1.53. The first-order chi connectivity index (χ1) is 11.6. The third-order valence-electron chi connectivity index (χ3n) is 5.80. The molecule has 0 aliphatic heterocycles. The summed E-state index contributed by atoms with van der Waals surface area (Å²) in [6, 6.07) is 13.3. The number of hydrogen-bond acceptors (Lipinski definition) is 2. The molecule has 2 aromatic carbocycles. The molecule has 0 aromatic heterocycles. The van der Waals surface area contributed by atoms with Crippen LogP contribution in [0.2, 0.25) is 39.3 Å². The summed E-state index contributed by atoms with van der Waals surface area (Å²) in [5.74, 6) is 1.92. The average Bonchev–Trinajstić information content (AvgIpc) is 2.83. The summed E-state index contributed by atoms with van der Waals surface area (Å²) in [5.41, 5.74) is 5.72. The number of benzene rings is 2. The second-order valence-corrected chi connectivity index (χ2v) is 20.1. The highest BCUT2D eigenvalue weighted by Crippen LogP contribution is 2.58. The van der Waals surface area contributed by atoms with Gasteiger partial charge in [-0.1, -0.05) is 51.4 Å². The molecule has 0 atom stereocenters. The van der Waals surface area contributed by atoms with E-state index in [1.807, 2.05) is 0 Å². The Kier molecular flexibility index (Phi) is 4.20. The predicted octanol–water partition coefficient (Wildman–Crippen LogP) is 5.73. The number of hydrogen-bond donors (Lipinski definition) is 0.